The molecule has 0 radical (unpaired) electrons. The molecule has 0 aromatic heterocycles. The number of thioether (sulfide) groups is 1. The summed E-state index contributed by atoms with van der Waals surface area (Å²) in [7, 11) is 0. The standard InChI is InChI=1S/C9H6Cl2N2OS/c10-5-2-1-4(3-6(5)11)7-8(14)13-9(12)15-7/h1-3,7H,(H2,12,13,14). The van der Waals surface area contributed by atoms with Crippen LogP contribution in [0.25, 0.3) is 0 Å². The maximum atomic E-state index is 11.4. The van der Waals surface area contributed by atoms with Crippen molar-refractivity contribution >= 4 is 46.0 Å². The number of carbonyl (C=O) groups is 1. The number of rotatable bonds is 1. The van der Waals surface area contributed by atoms with Crippen LogP contribution in [0.3, 0.4) is 0 Å². The molecule has 1 aromatic carbocycles. The van der Waals surface area contributed by atoms with Crippen LogP contribution in [0, 0.1) is 5.41 Å². The zero-order valence-corrected chi connectivity index (χ0v) is 9.71. The molecule has 3 nitrogen and oxygen atoms in total. The third kappa shape index (κ3) is 2.12. The van der Waals surface area contributed by atoms with E-state index >= 15 is 0 Å². The number of halogens is 2. The molecule has 1 aliphatic heterocycles. The molecule has 1 fully saturated rings. The van der Waals surface area contributed by atoms with Crippen molar-refractivity contribution in [1.29, 1.82) is 5.41 Å². The molecule has 1 unspecified atom stereocenters. The normalized spacial score (nSPS) is 20.5. The predicted octanol–water partition coefficient (Wildman–Crippen LogP) is 2.83. The summed E-state index contributed by atoms with van der Waals surface area (Å²) in [5.41, 5.74) is 0.758. The van der Waals surface area contributed by atoms with Crippen LogP contribution in [0.4, 0.5) is 0 Å². The van der Waals surface area contributed by atoms with Gasteiger partial charge in [0.2, 0.25) is 5.91 Å². The molecule has 2 N–H and O–H groups in total. The SMILES string of the molecule is N=C1NC(=O)C(c2ccc(Cl)c(Cl)c2)S1. The molecule has 0 bridgehead atoms. The van der Waals surface area contributed by atoms with E-state index < -0.39 is 5.25 Å². The first kappa shape index (κ1) is 10.8. The van der Waals surface area contributed by atoms with Crippen LogP contribution in [-0.4, -0.2) is 11.1 Å². The highest BCUT2D eigenvalue weighted by Gasteiger charge is 2.30. The molecule has 1 heterocycles. The minimum absolute atomic E-state index is 0.163. The van der Waals surface area contributed by atoms with E-state index in [1.165, 1.54) is 0 Å². The van der Waals surface area contributed by atoms with Gasteiger partial charge in [-0.05, 0) is 17.7 Å². The minimum Gasteiger partial charge on any atom is -0.304 e. The van der Waals surface area contributed by atoms with Gasteiger partial charge in [0, 0.05) is 0 Å². The number of amidine groups is 1. The van der Waals surface area contributed by atoms with Crippen molar-refractivity contribution in [3.05, 3.63) is 33.8 Å². The fourth-order valence-electron chi connectivity index (χ4n) is 1.27. The van der Waals surface area contributed by atoms with Crippen molar-refractivity contribution in [2.75, 3.05) is 0 Å². The minimum atomic E-state index is -0.396. The van der Waals surface area contributed by atoms with Crippen molar-refractivity contribution in [3.63, 3.8) is 0 Å². The Morgan fingerprint density at radius 3 is 2.60 bits per heavy atom. The quantitative estimate of drug-likeness (QED) is 0.816. The van der Waals surface area contributed by atoms with Crippen LogP contribution >= 0.6 is 35.0 Å². The second-order valence-electron chi connectivity index (χ2n) is 2.99. The van der Waals surface area contributed by atoms with Gasteiger partial charge in [0.15, 0.2) is 5.17 Å². The van der Waals surface area contributed by atoms with Gasteiger partial charge < -0.3 is 5.32 Å². The number of hydrogen-bond acceptors (Lipinski definition) is 3. The maximum absolute atomic E-state index is 11.4. The summed E-state index contributed by atoms with van der Waals surface area (Å²) in [5, 5.41) is 10.4. The lowest BCUT2D eigenvalue weighted by Gasteiger charge is -2.06. The van der Waals surface area contributed by atoms with Gasteiger partial charge in [-0.1, -0.05) is 41.0 Å². The predicted molar refractivity (Wildman–Crippen MR) is 62.7 cm³/mol. The Labute approximate surface area is 101 Å². The number of benzene rings is 1. The molecule has 0 saturated carbocycles. The van der Waals surface area contributed by atoms with Crippen LogP contribution in [0.2, 0.25) is 10.0 Å². The molecule has 6 heteroatoms. The third-order valence-corrected chi connectivity index (χ3v) is 3.76. The summed E-state index contributed by atoms with van der Waals surface area (Å²) in [4.78, 5) is 11.4. The van der Waals surface area contributed by atoms with Crippen molar-refractivity contribution < 1.29 is 4.79 Å². The van der Waals surface area contributed by atoms with Crippen LogP contribution in [-0.2, 0) is 4.79 Å². The van der Waals surface area contributed by atoms with Gasteiger partial charge in [-0.3, -0.25) is 10.2 Å². The van der Waals surface area contributed by atoms with Gasteiger partial charge in [0.25, 0.3) is 0 Å². The molecule has 0 spiro atoms. The van der Waals surface area contributed by atoms with Crippen molar-refractivity contribution in [2.24, 2.45) is 0 Å². The second-order valence-corrected chi connectivity index (χ2v) is 4.92. The van der Waals surface area contributed by atoms with E-state index in [-0.39, 0.29) is 11.1 Å². The van der Waals surface area contributed by atoms with E-state index in [9.17, 15) is 4.79 Å². The highest BCUT2D eigenvalue weighted by Crippen LogP contribution is 2.36. The van der Waals surface area contributed by atoms with Crippen LogP contribution in [0.5, 0.6) is 0 Å². The Morgan fingerprint density at radius 2 is 2.07 bits per heavy atom. The monoisotopic (exact) mass is 260 g/mol. The summed E-state index contributed by atoms with van der Waals surface area (Å²) < 4.78 is 0. The van der Waals surface area contributed by atoms with Crippen LogP contribution in [0.15, 0.2) is 18.2 Å². The van der Waals surface area contributed by atoms with Gasteiger partial charge in [0.1, 0.15) is 5.25 Å². The molecule has 1 aromatic rings. The largest absolute Gasteiger partial charge is 0.304 e. The first-order valence-corrected chi connectivity index (χ1v) is 5.72. The molecule has 15 heavy (non-hydrogen) atoms. The van der Waals surface area contributed by atoms with Gasteiger partial charge in [-0.2, -0.15) is 0 Å². The number of amides is 1. The topological polar surface area (TPSA) is 53.0 Å². The van der Waals surface area contributed by atoms with Gasteiger partial charge in [-0.25, -0.2) is 0 Å². The zero-order valence-electron chi connectivity index (χ0n) is 7.38. The molecule has 1 saturated heterocycles. The summed E-state index contributed by atoms with van der Waals surface area (Å²) in [6, 6.07) is 5.04. The fourth-order valence-corrected chi connectivity index (χ4v) is 2.42. The highest BCUT2D eigenvalue weighted by atomic mass is 35.5. The Hall–Kier alpha value is -0.710. The third-order valence-electron chi connectivity index (χ3n) is 1.96. The van der Waals surface area contributed by atoms with Crippen molar-refractivity contribution in [2.45, 2.75) is 5.25 Å². The smallest absolute Gasteiger partial charge is 0.244 e. The van der Waals surface area contributed by atoms with E-state index in [0.29, 0.717) is 10.0 Å². The van der Waals surface area contributed by atoms with Gasteiger partial charge in [0.05, 0.1) is 10.0 Å². The van der Waals surface area contributed by atoms with Crippen molar-refractivity contribution in [3.8, 4) is 0 Å². The number of carbonyl (C=O) groups excluding carboxylic acids is 1. The van der Waals surface area contributed by atoms with E-state index in [2.05, 4.69) is 5.32 Å². The first-order valence-electron chi connectivity index (χ1n) is 4.09. The second kappa shape index (κ2) is 4.04. The van der Waals surface area contributed by atoms with Gasteiger partial charge >= 0.3 is 0 Å². The Morgan fingerprint density at radius 1 is 1.33 bits per heavy atom. The lowest BCUT2D eigenvalue weighted by atomic mass is 10.1. The molecule has 78 valence electrons. The van der Waals surface area contributed by atoms with E-state index in [1.54, 1.807) is 18.2 Å². The molecular formula is C9H6Cl2N2OS. The van der Waals surface area contributed by atoms with E-state index in [4.69, 9.17) is 28.6 Å². The van der Waals surface area contributed by atoms with Gasteiger partial charge in [-0.15, -0.1) is 0 Å². The average Bonchev–Trinajstić information content (AvgIpc) is 2.50. The number of nitrogens with one attached hydrogen (secondary N) is 2. The maximum Gasteiger partial charge on any atom is 0.244 e. The van der Waals surface area contributed by atoms with Crippen molar-refractivity contribution in [1.82, 2.24) is 5.32 Å². The average molecular weight is 261 g/mol. The van der Waals surface area contributed by atoms with E-state index in [0.717, 1.165) is 17.3 Å². The summed E-state index contributed by atoms with van der Waals surface area (Å²) in [6.45, 7) is 0. The zero-order chi connectivity index (χ0) is 11.0. The molecule has 1 amide bonds. The lowest BCUT2D eigenvalue weighted by molar-refractivity contribution is -0.118. The summed E-state index contributed by atoms with van der Waals surface area (Å²) in [6.07, 6.45) is 0. The number of hydrogen-bond donors (Lipinski definition) is 2. The first-order chi connectivity index (χ1) is 7.08. The molecule has 1 aliphatic rings. The fraction of sp³-hybridized carbons (Fsp3) is 0.111. The molecule has 2 rings (SSSR count). The Bertz CT molecular complexity index is 450. The molecular weight excluding hydrogens is 255 g/mol. The molecule has 1 atom stereocenters. The highest BCUT2D eigenvalue weighted by molar-refractivity contribution is 8.15. The Balaban J connectivity index is 2.34. The Kier molecular flexibility index (Phi) is 2.91. The van der Waals surface area contributed by atoms with Crippen LogP contribution < -0.4 is 5.32 Å². The summed E-state index contributed by atoms with van der Waals surface area (Å²) >= 11 is 12.8. The van der Waals surface area contributed by atoms with Crippen LogP contribution in [0.1, 0.15) is 10.8 Å². The van der Waals surface area contributed by atoms with E-state index in [1.807, 2.05) is 0 Å². The lowest BCUT2D eigenvalue weighted by Crippen LogP contribution is -2.20. The molecule has 0 aliphatic carbocycles. The summed E-state index contributed by atoms with van der Waals surface area (Å²) in [5.74, 6) is -0.191.